The van der Waals surface area contributed by atoms with Gasteiger partial charge in [-0.25, -0.2) is 0 Å². The van der Waals surface area contributed by atoms with Crippen molar-refractivity contribution in [2.24, 2.45) is 5.41 Å². The summed E-state index contributed by atoms with van der Waals surface area (Å²) in [4.78, 5) is 0. The van der Waals surface area contributed by atoms with Gasteiger partial charge in [-0.2, -0.15) is 0 Å². The minimum atomic E-state index is 0.446. The lowest BCUT2D eigenvalue weighted by Gasteiger charge is -2.20. The molecule has 0 aliphatic rings. The van der Waals surface area contributed by atoms with Gasteiger partial charge in [-0.05, 0) is 22.3 Å². The number of halogens is 1. The lowest BCUT2D eigenvalue weighted by Crippen LogP contribution is -2.08. The summed E-state index contributed by atoms with van der Waals surface area (Å²) >= 11 is 2.28. The average Bonchev–Trinajstić information content (AvgIpc) is 1.89. The smallest absolute Gasteiger partial charge is 0.0144 e. The van der Waals surface area contributed by atoms with Gasteiger partial charge in [-0.3, -0.25) is 0 Å². The molecular weight excluding hydrogens is 223 g/mol. The van der Waals surface area contributed by atoms with Gasteiger partial charge in [0, 0.05) is 0 Å². The molecule has 0 radical (unpaired) electrons. The summed E-state index contributed by atoms with van der Waals surface area (Å²) in [5, 5.41) is 0. The van der Waals surface area contributed by atoms with Crippen molar-refractivity contribution in [2.75, 3.05) is 0 Å². The number of hydrogen-bond acceptors (Lipinski definition) is 0. The highest BCUT2D eigenvalue weighted by atomic mass is 127. The molecule has 0 aliphatic heterocycles. The molecule has 0 atom stereocenters. The minimum absolute atomic E-state index is 0.446. The molecule has 0 saturated carbocycles. The van der Waals surface area contributed by atoms with E-state index in [1.54, 1.807) is 0 Å². The number of hydrogen-bond donors (Lipinski definition) is 0. The SMILES string of the molecule is CCC(C)(C=CI)CC. The van der Waals surface area contributed by atoms with Crippen LogP contribution in [0.15, 0.2) is 10.2 Å². The maximum atomic E-state index is 2.29. The molecule has 54 valence electrons. The van der Waals surface area contributed by atoms with Crippen molar-refractivity contribution in [3.05, 3.63) is 10.2 Å². The van der Waals surface area contributed by atoms with Crippen molar-refractivity contribution >= 4 is 22.6 Å². The van der Waals surface area contributed by atoms with E-state index in [0.29, 0.717) is 5.41 Å². The topological polar surface area (TPSA) is 0 Å². The Labute approximate surface area is 71.9 Å². The quantitative estimate of drug-likeness (QED) is 0.656. The Balaban J connectivity index is 3.92. The largest absolute Gasteiger partial charge is 0.0725 e. The highest BCUT2D eigenvalue weighted by molar-refractivity contribution is 14.1. The molecule has 0 saturated heterocycles. The molecule has 0 unspecified atom stereocenters. The zero-order valence-corrected chi connectivity index (χ0v) is 8.60. The van der Waals surface area contributed by atoms with Gasteiger partial charge in [-0.15, -0.1) is 0 Å². The van der Waals surface area contributed by atoms with Crippen LogP contribution in [0.4, 0.5) is 0 Å². The van der Waals surface area contributed by atoms with Crippen LogP contribution in [0, 0.1) is 5.41 Å². The van der Waals surface area contributed by atoms with E-state index < -0.39 is 0 Å². The van der Waals surface area contributed by atoms with Gasteiger partial charge < -0.3 is 0 Å². The van der Waals surface area contributed by atoms with Crippen LogP contribution in [-0.2, 0) is 0 Å². The molecular formula is C8H15I. The second kappa shape index (κ2) is 4.31. The standard InChI is InChI=1S/C8H15I/c1-4-8(3,5-2)6-7-9/h6-7H,4-5H2,1-3H3. The van der Waals surface area contributed by atoms with E-state index in [0.717, 1.165) is 0 Å². The molecule has 0 heterocycles. The molecule has 0 aromatic carbocycles. The molecule has 0 rings (SSSR count). The molecule has 0 spiro atoms. The van der Waals surface area contributed by atoms with Gasteiger partial charge in [0.1, 0.15) is 0 Å². The lowest BCUT2D eigenvalue weighted by molar-refractivity contribution is 0.397. The normalized spacial score (nSPS) is 12.9. The number of rotatable bonds is 3. The third-order valence-corrected chi connectivity index (χ3v) is 2.44. The van der Waals surface area contributed by atoms with Crippen LogP contribution in [0.2, 0.25) is 0 Å². The maximum absolute atomic E-state index is 2.29. The summed E-state index contributed by atoms with van der Waals surface area (Å²) in [7, 11) is 0. The van der Waals surface area contributed by atoms with Gasteiger partial charge in [0.25, 0.3) is 0 Å². The first kappa shape index (κ1) is 9.47. The minimum Gasteiger partial charge on any atom is -0.0725 e. The molecule has 0 fully saturated rings. The van der Waals surface area contributed by atoms with Crippen molar-refractivity contribution in [3.63, 3.8) is 0 Å². The molecule has 0 aromatic heterocycles. The fraction of sp³-hybridized carbons (Fsp3) is 0.750. The van der Waals surface area contributed by atoms with Gasteiger partial charge in [0.2, 0.25) is 0 Å². The van der Waals surface area contributed by atoms with E-state index in [1.165, 1.54) is 12.8 Å². The van der Waals surface area contributed by atoms with Gasteiger partial charge in [0.05, 0.1) is 0 Å². The van der Waals surface area contributed by atoms with Gasteiger partial charge in [-0.1, -0.05) is 49.4 Å². The maximum Gasteiger partial charge on any atom is -0.0144 e. The van der Waals surface area contributed by atoms with Crippen LogP contribution in [0.25, 0.3) is 0 Å². The highest BCUT2D eigenvalue weighted by Gasteiger charge is 2.13. The molecule has 9 heavy (non-hydrogen) atoms. The van der Waals surface area contributed by atoms with Gasteiger partial charge in [0.15, 0.2) is 0 Å². The second-order valence-corrected chi connectivity index (χ2v) is 3.37. The number of allylic oxidation sites excluding steroid dienone is 1. The van der Waals surface area contributed by atoms with Crippen LogP contribution in [-0.4, -0.2) is 0 Å². The van der Waals surface area contributed by atoms with E-state index >= 15 is 0 Å². The van der Waals surface area contributed by atoms with Gasteiger partial charge >= 0.3 is 0 Å². The summed E-state index contributed by atoms with van der Waals surface area (Å²) in [6.07, 6.45) is 4.76. The Kier molecular flexibility index (Phi) is 4.54. The molecule has 0 nitrogen and oxygen atoms in total. The molecule has 0 aliphatic carbocycles. The van der Waals surface area contributed by atoms with Crippen LogP contribution in [0.5, 0.6) is 0 Å². The average molecular weight is 238 g/mol. The highest BCUT2D eigenvalue weighted by Crippen LogP contribution is 2.27. The van der Waals surface area contributed by atoms with Crippen LogP contribution < -0.4 is 0 Å². The first-order valence-electron chi connectivity index (χ1n) is 3.46. The predicted octanol–water partition coefficient (Wildman–Crippen LogP) is 3.76. The third kappa shape index (κ3) is 3.23. The van der Waals surface area contributed by atoms with Crippen molar-refractivity contribution < 1.29 is 0 Å². The Morgan fingerprint density at radius 1 is 1.33 bits per heavy atom. The van der Waals surface area contributed by atoms with E-state index in [9.17, 15) is 0 Å². The van der Waals surface area contributed by atoms with E-state index in [2.05, 4.69) is 53.5 Å². The monoisotopic (exact) mass is 238 g/mol. The summed E-state index contributed by atoms with van der Waals surface area (Å²) in [6, 6.07) is 0. The van der Waals surface area contributed by atoms with E-state index in [4.69, 9.17) is 0 Å². The summed E-state index contributed by atoms with van der Waals surface area (Å²) in [5.41, 5.74) is 0.446. The zero-order chi connectivity index (χ0) is 7.33. The van der Waals surface area contributed by atoms with Crippen LogP contribution in [0.1, 0.15) is 33.6 Å². The molecule has 0 amide bonds. The van der Waals surface area contributed by atoms with Crippen LogP contribution >= 0.6 is 22.6 Å². The predicted molar refractivity (Wildman–Crippen MR) is 51.8 cm³/mol. The molecule has 0 N–H and O–H groups in total. The van der Waals surface area contributed by atoms with Crippen molar-refractivity contribution in [1.29, 1.82) is 0 Å². The fourth-order valence-electron chi connectivity index (χ4n) is 0.638. The Morgan fingerprint density at radius 2 is 1.78 bits per heavy atom. The second-order valence-electron chi connectivity index (χ2n) is 2.65. The first-order valence-corrected chi connectivity index (χ1v) is 4.71. The molecule has 1 heteroatoms. The Hall–Kier alpha value is 0.470. The molecule has 0 aromatic rings. The van der Waals surface area contributed by atoms with Crippen LogP contribution in [0.3, 0.4) is 0 Å². The van der Waals surface area contributed by atoms with E-state index in [-0.39, 0.29) is 0 Å². The Bertz CT molecular complexity index is 90.7. The zero-order valence-electron chi connectivity index (χ0n) is 6.45. The summed E-state index contributed by atoms with van der Waals surface area (Å²) < 4.78 is 2.12. The van der Waals surface area contributed by atoms with E-state index in [1.807, 2.05) is 0 Å². The molecule has 0 bridgehead atoms. The Morgan fingerprint density at radius 3 is 1.89 bits per heavy atom. The summed E-state index contributed by atoms with van der Waals surface area (Å²) in [5.74, 6) is 0. The van der Waals surface area contributed by atoms with Crippen molar-refractivity contribution in [3.8, 4) is 0 Å². The third-order valence-electron chi connectivity index (χ3n) is 2.08. The fourth-order valence-corrected chi connectivity index (χ4v) is 1.51. The van der Waals surface area contributed by atoms with Crippen molar-refractivity contribution in [2.45, 2.75) is 33.6 Å². The lowest BCUT2D eigenvalue weighted by atomic mass is 9.85. The first-order chi connectivity index (χ1) is 4.18. The summed E-state index contributed by atoms with van der Waals surface area (Å²) in [6.45, 7) is 6.77. The van der Waals surface area contributed by atoms with Crippen molar-refractivity contribution in [1.82, 2.24) is 0 Å².